The Labute approximate surface area is 148 Å². The maximum atomic E-state index is 10.4. The average molecular weight is 366 g/mol. The van der Waals surface area contributed by atoms with Crippen LogP contribution < -0.4 is 11.1 Å². The zero-order chi connectivity index (χ0) is 17.5. The Morgan fingerprint density at radius 2 is 1.64 bits per heavy atom. The quantitative estimate of drug-likeness (QED) is 0.605. The number of anilines is 1. The first-order valence-corrected chi connectivity index (χ1v) is 8.00. The smallest absolute Gasteiger partial charge is 0.280 e. The number of nitrogens with one attached hydrogen (secondary N) is 1. The summed E-state index contributed by atoms with van der Waals surface area (Å²) < 4.78 is 0. The van der Waals surface area contributed by atoms with E-state index >= 15 is 0 Å². The Balaban J connectivity index is 0. The summed E-state index contributed by atoms with van der Waals surface area (Å²) in [4.78, 5) is 21.9. The van der Waals surface area contributed by atoms with Crippen molar-refractivity contribution in [3.05, 3.63) is 29.3 Å². The van der Waals surface area contributed by atoms with Gasteiger partial charge in [0.2, 0.25) is 0 Å². The van der Waals surface area contributed by atoms with Crippen molar-refractivity contribution >= 4 is 53.0 Å². The van der Waals surface area contributed by atoms with E-state index in [1.165, 1.54) is 19.6 Å². The fourth-order valence-corrected chi connectivity index (χ4v) is 1.68. The lowest BCUT2D eigenvalue weighted by Gasteiger charge is -2.13. The molecule has 0 radical (unpaired) electrons. The van der Waals surface area contributed by atoms with Crippen LogP contribution in [0.15, 0.2) is 24.3 Å². The SMILES string of the molecule is CCN(CC)CC.NC(=O)S.O=C(S)Nc1cccc(Cl)c1. The van der Waals surface area contributed by atoms with Crippen molar-refractivity contribution in [2.75, 3.05) is 25.0 Å². The van der Waals surface area contributed by atoms with Crippen LogP contribution in [0.25, 0.3) is 0 Å². The van der Waals surface area contributed by atoms with Gasteiger partial charge in [0, 0.05) is 10.7 Å². The summed E-state index contributed by atoms with van der Waals surface area (Å²) >= 11 is 12.3. The van der Waals surface area contributed by atoms with Crippen molar-refractivity contribution in [3.63, 3.8) is 0 Å². The Kier molecular flexibility index (Phi) is 16.0. The van der Waals surface area contributed by atoms with Gasteiger partial charge in [-0.15, -0.1) is 0 Å². The van der Waals surface area contributed by atoms with E-state index in [-0.39, 0.29) is 0 Å². The predicted molar refractivity (Wildman–Crippen MR) is 101 cm³/mol. The van der Waals surface area contributed by atoms with Gasteiger partial charge in [0.05, 0.1) is 0 Å². The molecule has 2 amide bonds. The van der Waals surface area contributed by atoms with Crippen LogP contribution in [0.4, 0.5) is 15.3 Å². The van der Waals surface area contributed by atoms with Crippen LogP contribution in [0.5, 0.6) is 0 Å². The number of carbonyl (C=O) groups excluding carboxylic acids is 2. The molecule has 0 atom stereocenters. The molecule has 0 fully saturated rings. The molecule has 0 spiro atoms. The number of nitrogens with two attached hydrogens (primary N) is 1. The van der Waals surface area contributed by atoms with Crippen LogP contribution in [-0.4, -0.2) is 35.0 Å². The van der Waals surface area contributed by atoms with Crippen molar-refractivity contribution in [2.45, 2.75) is 20.8 Å². The molecule has 8 heteroatoms. The number of benzene rings is 1. The third kappa shape index (κ3) is 17.2. The second kappa shape index (κ2) is 15.0. The van der Waals surface area contributed by atoms with E-state index < -0.39 is 10.5 Å². The molecule has 0 aliphatic heterocycles. The van der Waals surface area contributed by atoms with Gasteiger partial charge in [-0.25, -0.2) is 0 Å². The maximum Gasteiger partial charge on any atom is 0.280 e. The van der Waals surface area contributed by atoms with E-state index in [2.05, 4.69) is 62.0 Å². The van der Waals surface area contributed by atoms with Crippen LogP contribution in [0.1, 0.15) is 20.8 Å². The summed E-state index contributed by atoms with van der Waals surface area (Å²) in [5.41, 5.74) is 4.99. The van der Waals surface area contributed by atoms with E-state index in [0.29, 0.717) is 10.7 Å². The molecule has 3 N–H and O–H groups in total. The Hall–Kier alpha value is -0.890. The lowest BCUT2D eigenvalue weighted by molar-refractivity contribution is 0.267. The highest BCUT2D eigenvalue weighted by molar-refractivity contribution is 7.97. The minimum Gasteiger partial charge on any atom is -0.361 e. The molecule has 5 nitrogen and oxygen atoms in total. The van der Waals surface area contributed by atoms with Crippen LogP contribution >= 0.6 is 36.9 Å². The van der Waals surface area contributed by atoms with Crippen LogP contribution in [-0.2, 0) is 0 Å². The summed E-state index contributed by atoms with van der Waals surface area (Å²) in [5.74, 6) is 0. The number of hydrogen-bond acceptors (Lipinski definition) is 3. The number of primary amides is 1. The number of halogens is 1. The monoisotopic (exact) mass is 365 g/mol. The molecule has 126 valence electrons. The summed E-state index contributed by atoms with van der Waals surface area (Å²) in [7, 11) is 0. The number of carbonyl (C=O) groups is 2. The van der Waals surface area contributed by atoms with Crippen molar-refractivity contribution in [1.82, 2.24) is 4.90 Å². The van der Waals surface area contributed by atoms with Crippen molar-refractivity contribution in [2.24, 2.45) is 5.73 Å². The zero-order valence-corrected chi connectivity index (χ0v) is 15.6. The lowest BCUT2D eigenvalue weighted by Crippen LogP contribution is -2.21. The third-order valence-corrected chi connectivity index (χ3v) is 2.76. The minimum atomic E-state index is -0.639. The summed E-state index contributed by atoms with van der Waals surface area (Å²) in [6.07, 6.45) is 0. The summed E-state index contributed by atoms with van der Waals surface area (Å²) in [6.45, 7) is 10.1. The highest BCUT2D eigenvalue weighted by atomic mass is 35.5. The number of thiol groups is 2. The van der Waals surface area contributed by atoms with Gasteiger partial charge in [0.15, 0.2) is 0 Å². The topological polar surface area (TPSA) is 75.4 Å². The highest BCUT2D eigenvalue weighted by Crippen LogP contribution is 2.14. The first kappa shape index (κ1) is 23.4. The normalized spacial score (nSPS) is 9.05. The van der Waals surface area contributed by atoms with Gasteiger partial charge in [-0.3, -0.25) is 9.59 Å². The molecule has 0 unspecified atom stereocenters. The third-order valence-electron chi connectivity index (χ3n) is 2.42. The lowest BCUT2D eigenvalue weighted by atomic mass is 10.3. The fraction of sp³-hybridized carbons (Fsp3) is 0.429. The number of rotatable bonds is 4. The van der Waals surface area contributed by atoms with E-state index in [9.17, 15) is 4.79 Å². The van der Waals surface area contributed by atoms with E-state index in [1.54, 1.807) is 24.3 Å². The standard InChI is InChI=1S/C7H6ClNOS.C6H15N.CH3NOS/c8-5-2-1-3-6(4-5)9-7(10)11;1-4-7(5-2)6-3;2-1(3)4/h1-4H,(H2,9,10,11);4-6H2,1-3H3;(H3,2,3,4). The largest absolute Gasteiger partial charge is 0.361 e. The molecule has 0 aliphatic rings. The van der Waals surface area contributed by atoms with E-state index in [0.717, 1.165) is 0 Å². The first-order chi connectivity index (χ1) is 10.3. The molecular formula is C14H24ClN3O2S2. The van der Waals surface area contributed by atoms with Gasteiger partial charge < -0.3 is 16.0 Å². The van der Waals surface area contributed by atoms with Gasteiger partial charge >= 0.3 is 0 Å². The van der Waals surface area contributed by atoms with E-state index in [1.807, 2.05) is 0 Å². The molecule has 0 aromatic heterocycles. The molecule has 1 rings (SSSR count). The number of amides is 2. The molecule has 1 aromatic carbocycles. The van der Waals surface area contributed by atoms with Gasteiger partial charge in [0.1, 0.15) is 0 Å². The molecule has 22 heavy (non-hydrogen) atoms. The molecule has 0 heterocycles. The molecule has 1 aromatic rings. The molecule has 0 aliphatic carbocycles. The van der Waals surface area contributed by atoms with Gasteiger partial charge in [0.25, 0.3) is 10.5 Å². The molecular weight excluding hydrogens is 342 g/mol. The van der Waals surface area contributed by atoms with Gasteiger partial charge in [-0.2, -0.15) is 0 Å². The highest BCUT2D eigenvalue weighted by Gasteiger charge is 1.94. The average Bonchev–Trinajstić information content (AvgIpc) is 2.40. The maximum absolute atomic E-state index is 10.4. The van der Waals surface area contributed by atoms with Crippen molar-refractivity contribution in [3.8, 4) is 0 Å². The second-order valence-corrected chi connectivity index (χ2v) is 5.18. The predicted octanol–water partition coefficient (Wildman–Crippen LogP) is 4.14. The fourth-order valence-electron chi connectivity index (χ4n) is 1.36. The van der Waals surface area contributed by atoms with Gasteiger partial charge in [-0.1, -0.05) is 63.7 Å². The minimum absolute atomic E-state index is 0.396. The Morgan fingerprint density at radius 1 is 1.18 bits per heavy atom. The van der Waals surface area contributed by atoms with Crippen molar-refractivity contribution in [1.29, 1.82) is 0 Å². The summed E-state index contributed by atoms with van der Waals surface area (Å²) in [5, 5.41) is 2.04. The Bertz CT molecular complexity index is 434. The Morgan fingerprint density at radius 3 is 1.91 bits per heavy atom. The number of hydrogen-bond donors (Lipinski definition) is 4. The summed E-state index contributed by atoms with van der Waals surface area (Å²) in [6, 6.07) is 6.87. The van der Waals surface area contributed by atoms with Gasteiger partial charge in [-0.05, 0) is 37.8 Å². The van der Waals surface area contributed by atoms with Crippen LogP contribution in [0.2, 0.25) is 5.02 Å². The van der Waals surface area contributed by atoms with E-state index in [4.69, 9.17) is 16.4 Å². The molecule has 0 saturated heterocycles. The molecule has 0 bridgehead atoms. The first-order valence-electron chi connectivity index (χ1n) is 6.72. The van der Waals surface area contributed by atoms with Crippen LogP contribution in [0, 0.1) is 0 Å². The molecule has 0 saturated carbocycles. The number of nitrogens with zero attached hydrogens (tertiary/aromatic N) is 1. The zero-order valence-electron chi connectivity index (χ0n) is 13.0. The van der Waals surface area contributed by atoms with Crippen LogP contribution in [0.3, 0.4) is 0 Å². The van der Waals surface area contributed by atoms with Crippen molar-refractivity contribution < 1.29 is 9.59 Å². The second-order valence-electron chi connectivity index (χ2n) is 3.90.